The van der Waals surface area contributed by atoms with Crippen LogP contribution in [-0.2, 0) is 22.7 Å². The number of carbonyl (C=O) groups excluding carboxylic acids is 1. The lowest BCUT2D eigenvalue weighted by Crippen LogP contribution is -2.00. The van der Waals surface area contributed by atoms with Crippen molar-refractivity contribution in [2.45, 2.75) is 13.2 Å². The molecule has 2 rings (SSSR count). The van der Waals surface area contributed by atoms with Crippen LogP contribution in [0.5, 0.6) is 0 Å². The van der Waals surface area contributed by atoms with E-state index in [0.29, 0.717) is 6.54 Å². The van der Waals surface area contributed by atoms with Gasteiger partial charge in [-0.1, -0.05) is 59.7 Å². The Morgan fingerprint density at radius 1 is 1.09 bits per heavy atom. The Balaban J connectivity index is 1.85. The standard InChI is InChI=1S/C17H15N3O2/c18-20-19-12-15-8-6-14(7-9-15)10-11-17(21)22-13-16-4-2-1-3-5-16/h1-11H,12-13H2/b11-10+. The summed E-state index contributed by atoms with van der Waals surface area (Å²) in [4.78, 5) is 14.3. The number of azide groups is 1. The summed E-state index contributed by atoms with van der Waals surface area (Å²) in [5.41, 5.74) is 11.0. The molecule has 0 amide bonds. The molecular formula is C17H15N3O2. The molecule has 0 heterocycles. The molecule has 5 heteroatoms. The Kier molecular flexibility index (Phi) is 5.79. The van der Waals surface area contributed by atoms with E-state index >= 15 is 0 Å². The molecule has 0 bridgehead atoms. The van der Waals surface area contributed by atoms with Crippen molar-refractivity contribution in [1.82, 2.24) is 0 Å². The highest BCUT2D eigenvalue weighted by molar-refractivity contribution is 5.87. The maximum Gasteiger partial charge on any atom is 0.331 e. The molecule has 0 N–H and O–H groups in total. The quantitative estimate of drug-likeness (QED) is 0.262. The van der Waals surface area contributed by atoms with Crippen LogP contribution in [0.1, 0.15) is 16.7 Å². The van der Waals surface area contributed by atoms with Crippen molar-refractivity contribution < 1.29 is 9.53 Å². The maximum atomic E-state index is 11.6. The van der Waals surface area contributed by atoms with Gasteiger partial charge in [0.1, 0.15) is 6.61 Å². The number of hydrogen-bond acceptors (Lipinski definition) is 3. The molecule has 0 atom stereocenters. The molecule has 2 aromatic rings. The summed E-state index contributed by atoms with van der Waals surface area (Å²) in [6.07, 6.45) is 3.08. The van der Waals surface area contributed by atoms with Crippen LogP contribution in [0.15, 0.2) is 65.8 Å². The van der Waals surface area contributed by atoms with Crippen LogP contribution in [0.2, 0.25) is 0 Å². The van der Waals surface area contributed by atoms with Gasteiger partial charge in [0.2, 0.25) is 0 Å². The summed E-state index contributed by atoms with van der Waals surface area (Å²) in [5.74, 6) is -0.387. The van der Waals surface area contributed by atoms with E-state index in [9.17, 15) is 4.79 Å². The van der Waals surface area contributed by atoms with E-state index in [-0.39, 0.29) is 12.6 Å². The second-order valence-electron chi connectivity index (χ2n) is 4.56. The van der Waals surface area contributed by atoms with Crippen molar-refractivity contribution in [3.63, 3.8) is 0 Å². The van der Waals surface area contributed by atoms with Gasteiger partial charge in [-0.05, 0) is 28.3 Å². The maximum absolute atomic E-state index is 11.6. The fourth-order valence-corrected chi connectivity index (χ4v) is 1.79. The van der Waals surface area contributed by atoms with Crippen molar-refractivity contribution in [1.29, 1.82) is 0 Å². The molecule has 0 saturated carbocycles. The Morgan fingerprint density at radius 3 is 2.50 bits per heavy atom. The van der Waals surface area contributed by atoms with Gasteiger partial charge in [-0.2, -0.15) is 0 Å². The van der Waals surface area contributed by atoms with Gasteiger partial charge < -0.3 is 4.74 Å². The summed E-state index contributed by atoms with van der Waals surface area (Å²) in [6.45, 7) is 0.578. The first-order valence-corrected chi connectivity index (χ1v) is 6.76. The molecular weight excluding hydrogens is 278 g/mol. The van der Waals surface area contributed by atoms with Gasteiger partial charge in [-0.3, -0.25) is 0 Å². The van der Waals surface area contributed by atoms with E-state index < -0.39 is 0 Å². The number of benzene rings is 2. The molecule has 0 unspecified atom stereocenters. The minimum Gasteiger partial charge on any atom is -0.458 e. The van der Waals surface area contributed by atoms with E-state index in [1.807, 2.05) is 54.6 Å². The van der Waals surface area contributed by atoms with Crippen molar-refractivity contribution in [2.75, 3.05) is 0 Å². The van der Waals surface area contributed by atoms with Gasteiger partial charge in [0.15, 0.2) is 0 Å². The van der Waals surface area contributed by atoms with Gasteiger partial charge in [0.25, 0.3) is 0 Å². The average molecular weight is 293 g/mol. The molecule has 0 aliphatic rings. The molecule has 0 aliphatic heterocycles. The topological polar surface area (TPSA) is 75.1 Å². The van der Waals surface area contributed by atoms with Gasteiger partial charge in [-0.25, -0.2) is 4.79 Å². The van der Waals surface area contributed by atoms with Crippen molar-refractivity contribution in [3.05, 3.63) is 87.8 Å². The fourth-order valence-electron chi connectivity index (χ4n) is 1.79. The van der Waals surface area contributed by atoms with E-state index in [1.165, 1.54) is 6.08 Å². The highest BCUT2D eigenvalue weighted by atomic mass is 16.5. The van der Waals surface area contributed by atoms with Gasteiger partial charge in [0, 0.05) is 11.0 Å². The van der Waals surface area contributed by atoms with Crippen molar-refractivity contribution >= 4 is 12.0 Å². The van der Waals surface area contributed by atoms with Crippen molar-refractivity contribution in [2.24, 2.45) is 5.11 Å². The fraction of sp³-hybridized carbons (Fsp3) is 0.118. The van der Waals surface area contributed by atoms with Gasteiger partial charge >= 0.3 is 5.97 Å². The van der Waals surface area contributed by atoms with E-state index in [1.54, 1.807) is 6.08 Å². The summed E-state index contributed by atoms with van der Waals surface area (Å²) < 4.78 is 5.15. The molecule has 22 heavy (non-hydrogen) atoms. The molecule has 0 aromatic heterocycles. The van der Waals surface area contributed by atoms with Crippen LogP contribution in [0.4, 0.5) is 0 Å². The number of nitrogens with zero attached hydrogens (tertiary/aromatic N) is 3. The Labute approximate surface area is 128 Å². The third-order valence-corrected chi connectivity index (χ3v) is 2.93. The number of esters is 1. The minimum atomic E-state index is -0.387. The first-order chi connectivity index (χ1) is 10.8. The minimum absolute atomic E-state index is 0.259. The third-order valence-electron chi connectivity index (χ3n) is 2.93. The smallest absolute Gasteiger partial charge is 0.331 e. The Bertz CT molecular complexity index is 688. The monoisotopic (exact) mass is 293 g/mol. The van der Waals surface area contributed by atoms with Crippen LogP contribution in [0.25, 0.3) is 16.5 Å². The van der Waals surface area contributed by atoms with E-state index in [4.69, 9.17) is 10.3 Å². The predicted octanol–water partition coefficient (Wildman–Crippen LogP) is 4.25. The van der Waals surface area contributed by atoms with Crippen LogP contribution >= 0.6 is 0 Å². The van der Waals surface area contributed by atoms with Crippen LogP contribution in [0, 0.1) is 0 Å². The summed E-state index contributed by atoms with van der Waals surface area (Å²) in [5, 5.41) is 3.49. The average Bonchev–Trinajstić information content (AvgIpc) is 2.58. The predicted molar refractivity (Wildman–Crippen MR) is 84.6 cm³/mol. The van der Waals surface area contributed by atoms with Crippen LogP contribution in [-0.4, -0.2) is 5.97 Å². The molecule has 0 fully saturated rings. The normalized spacial score (nSPS) is 10.2. The molecule has 110 valence electrons. The van der Waals surface area contributed by atoms with Gasteiger partial charge in [-0.15, -0.1) is 0 Å². The van der Waals surface area contributed by atoms with Gasteiger partial charge in [0.05, 0.1) is 6.54 Å². The highest BCUT2D eigenvalue weighted by Crippen LogP contribution is 2.08. The first-order valence-electron chi connectivity index (χ1n) is 6.76. The lowest BCUT2D eigenvalue weighted by Gasteiger charge is -2.01. The Hall–Kier alpha value is -3.04. The first kappa shape index (κ1) is 15.4. The summed E-state index contributed by atoms with van der Waals surface area (Å²) in [6, 6.07) is 16.9. The zero-order valence-corrected chi connectivity index (χ0v) is 11.9. The third kappa shape index (κ3) is 5.15. The zero-order valence-electron chi connectivity index (χ0n) is 11.9. The van der Waals surface area contributed by atoms with Crippen LogP contribution < -0.4 is 0 Å². The van der Waals surface area contributed by atoms with E-state index in [2.05, 4.69) is 10.0 Å². The highest BCUT2D eigenvalue weighted by Gasteiger charge is 1.98. The summed E-state index contributed by atoms with van der Waals surface area (Å²) in [7, 11) is 0. The SMILES string of the molecule is [N-]=[N+]=NCc1ccc(/C=C/C(=O)OCc2ccccc2)cc1. The molecule has 0 saturated heterocycles. The number of carbonyl (C=O) groups is 1. The second-order valence-corrected chi connectivity index (χ2v) is 4.56. The van der Waals surface area contributed by atoms with Crippen molar-refractivity contribution in [3.8, 4) is 0 Å². The molecule has 5 nitrogen and oxygen atoms in total. The van der Waals surface area contributed by atoms with E-state index in [0.717, 1.165) is 16.7 Å². The second kappa shape index (κ2) is 8.29. The lowest BCUT2D eigenvalue weighted by molar-refractivity contribution is -0.138. The largest absolute Gasteiger partial charge is 0.458 e. The number of rotatable bonds is 6. The Morgan fingerprint density at radius 2 is 1.82 bits per heavy atom. The van der Waals surface area contributed by atoms with Crippen LogP contribution in [0.3, 0.4) is 0 Å². The number of ether oxygens (including phenoxy) is 1. The lowest BCUT2D eigenvalue weighted by atomic mass is 10.1. The molecule has 0 aliphatic carbocycles. The molecule has 0 radical (unpaired) electrons. The number of hydrogen-bond donors (Lipinski definition) is 0. The molecule has 2 aromatic carbocycles. The summed E-state index contributed by atoms with van der Waals surface area (Å²) >= 11 is 0. The molecule has 0 spiro atoms. The zero-order chi connectivity index (χ0) is 15.6.